The average molecular weight is 419 g/mol. The Labute approximate surface area is 181 Å². The molecule has 5 rings (SSSR count). The number of pyridine rings is 1. The van der Waals surface area contributed by atoms with Gasteiger partial charge >= 0.3 is 0 Å². The lowest BCUT2D eigenvalue weighted by Crippen LogP contribution is -2.58. The number of hydrogen-bond acceptors (Lipinski definition) is 6. The summed E-state index contributed by atoms with van der Waals surface area (Å²) in [5.74, 6) is 1.40. The molecule has 2 aliphatic rings. The van der Waals surface area contributed by atoms with Crippen LogP contribution >= 0.6 is 0 Å². The van der Waals surface area contributed by atoms with Gasteiger partial charge in [-0.3, -0.25) is 19.4 Å². The van der Waals surface area contributed by atoms with Crippen molar-refractivity contribution in [1.29, 1.82) is 0 Å². The van der Waals surface area contributed by atoms with Crippen molar-refractivity contribution in [2.45, 2.75) is 38.6 Å². The van der Waals surface area contributed by atoms with Crippen molar-refractivity contribution < 1.29 is 9.53 Å². The number of benzene rings is 1. The molecule has 1 aliphatic heterocycles. The van der Waals surface area contributed by atoms with Crippen molar-refractivity contribution >= 4 is 5.91 Å². The van der Waals surface area contributed by atoms with Crippen molar-refractivity contribution in [3.8, 4) is 5.75 Å². The Hall–Kier alpha value is -3.26. The van der Waals surface area contributed by atoms with Gasteiger partial charge in [-0.2, -0.15) is 0 Å². The van der Waals surface area contributed by atoms with Crippen LogP contribution in [0, 0.1) is 5.92 Å². The zero-order valence-corrected chi connectivity index (χ0v) is 17.4. The van der Waals surface area contributed by atoms with E-state index in [4.69, 9.17) is 4.74 Å². The second-order valence-electron chi connectivity index (χ2n) is 8.39. The van der Waals surface area contributed by atoms with Gasteiger partial charge < -0.3 is 10.1 Å². The van der Waals surface area contributed by atoms with Crippen LogP contribution < -0.4 is 10.1 Å². The number of carbonyl (C=O) groups is 1. The lowest BCUT2D eigenvalue weighted by molar-refractivity contribution is 0.0790. The third-order valence-corrected chi connectivity index (χ3v) is 5.65. The van der Waals surface area contributed by atoms with Gasteiger partial charge in [0.2, 0.25) is 0 Å². The van der Waals surface area contributed by atoms with E-state index >= 15 is 0 Å². The number of amides is 1. The second kappa shape index (κ2) is 8.85. The van der Waals surface area contributed by atoms with Crippen LogP contribution in [0.25, 0.3) is 0 Å². The first-order valence-electron chi connectivity index (χ1n) is 10.8. The molecule has 1 aromatic carbocycles. The van der Waals surface area contributed by atoms with E-state index in [0.29, 0.717) is 18.2 Å². The van der Waals surface area contributed by atoms with Gasteiger partial charge in [0.1, 0.15) is 12.4 Å². The van der Waals surface area contributed by atoms with Gasteiger partial charge in [-0.15, -0.1) is 5.10 Å². The van der Waals surface area contributed by atoms with Crippen LogP contribution in [0.15, 0.2) is 54.9 Å². The van der Waals surface area contributed by atoms with E-state index in [-0.39, 0.29) is 11.9 Å². The van der Waals surface area contributed by atoms with E-state index in [2.05, 4.69) is 37.6 Å². The fraction of sp³-hybridized carbons (Fsp3) is 0.391. The number of carbonyl (C=O) groups excluding carboxylic acids is 1. The topological polar surface area (TPSA) is 85.2 Å². The summed E-state index contributed by atoms with van der Waals surface area (Å²) < 4.78 is 7.57. The van der Waals surface area contributed by atoms with E-state index in [1.54, 1.807) is 17.1 Å². The minimum Gasteiger partial charge on any atom is -0.487 e. The second-order valence-corrected chi connectivity index (χ2v) is 8.39. The van der Waals surface area contributed by atoms with Gasteiger partial charge in [-0.25, -0.2) is 0 Å². The molecule has 31 heavy (non-hydrogen) atoms. The minimum absolute atomic E-state index is 0.138. The van der Waals surface area contributed by atoms with E-state index in [1.165, 1.54) is 18.4 Å². The van der Waals surface area contributed by atoms with E-state index in [1.807, 2.05) is 30.3 Å². The van der Waals surface area contributed by atoms with Crippen molar-refractivity contribution in [3.63, 3.8) is 0 Å². The molecule has 0 radical (unpaired) electrons. The highest BCUT2D eigenvalue weighted by Gasteiger charge is 2.29. The zero-order valence-electron chi connectivity index (χ0n) is 17.4. The molecule has 8 heteroatoms. The van der Waals surface area contributed by atoms with Crippen LogP contribution in [0.2, 0.25) is 0 Å². The van der Waals surface area contributed by atoms with Crippen LogP contribution in [0.1, 0.15) is 34.6 Å². The van der Waals surface area contributed by atoms with Crippen molar-refractivity contribution in [3.05, 3.63) is 71.8 Å². The number of nitrogens with zero attached hydrogens (tertiary/aromatic N) is 5. The SMILES string of the molecule is O=C(NC1CN(Cc2ccc(OCc3ccccn3)cc2)C1)c1cn(CC2CC2)nn1. The summed E-state index contributed by atoms with van der Waals surface area (Å²) >= 11 is 0. The van der Waals surface area contributed by atoms with Crippen LogP contribution in [-0.2, 0) is 19.7 Å². The molecule has 0 unspecified atom stereocenters. The van der Waals surface area contributed by atoms with E-state index < -0.39 is 0 Å². The Balaban J connectivity index is 1.03. The summed E-state index contributed by atoms with van der Waals surface area (Å²) in [6, 6.07) is 14.1. The number of rotatable bonds is 9. The molecule has 0 spiro atoms. The zero-order chi connectivity index (χ0) is 21.0. The summed E-state index contributed by atoms with van der Waals surface area (Å²) in [6.07, 6.45) is 6.02. The van der Waals surface area contributed by atoms with Gasteiger partial charge in [0, 0.05) is 32.4 Å². The third kappa shape index (κ3) is 5.27. The summed E-state index contributed by atoms with van der Waals surface area (Å²) in [7, 11) is 0. The smallest absolute Gasteiger partial charge is 0.273 e. The first-order valence-corrected chi connectivity index (χ1v) is 10.8. The van der Waals surface area contributed by atoms with Gasteiger partial charge in [-0.05, 0) is 48.6 Å². The lowest BCUT2D eigenvalue weighted by Gasteiger charge is -2.39. The summed E-state index contributed by atoms with van der Waals surface area (Å²) in [5.41, 5.74) is 2.53. The molecule has 0 atom stereocenters. The Bertz CT molecular complexity index is 1010. The summed E-state index contributed by atoms with van der Waals surface area (Å²) in [6.45, 7) is 3.84. The fourth-order valence-corrected chi connectivity index (χ4v) is 3.70. The molecule has 0 bridgehead atoms. The molecule has 2 fully saturated rings. The molecule has 2 aromatic heterocycles. The standard InChI is InChI=1S/C23H26N6O2/c30-23(22-15-29(27-26-22)12-18-4-5-18)25-20-13-28(14-20)11-17-6-8-21(9-7-17)31-16-19-3-1-2-10-24-19/h1-3,6-10,15,18,20H,4-5,11-14,16H2,(H,25,30). The number of aromatic nitrogens is 4. The van der Waals surface area contributed by atoms with Crippen molar-refractivity contribution in [1.82, 2.24) is 30.2 Å². The number of hydrogen-bond donors (Lipinski definition) is 1. The normalized spacial score (nSPS) is 16.6. The van der Waals surface area contributed by atoms with Gasteiger partial charge in [0.15, 0.2) is 5.69 Å². The quantitative estimate of drug-likeness (QED) is 0.574. The Morgan fingerprint density at radius 3 is 2.71 bits per heavy atom. The number of ether oxygens (including phenoxy) is 1. The van der Waals surface area contributed by atoms with Crippen LogP contribution in [0.4, 0.5) is 0 Å². The largest absolute Gasteiger partial charge is 0.487 e. The van der Waals surface area contributed by atoms with Crippen LogP contribution in [0.5, 0.6) is 5.75 Å². The first-order chi connectivity index (χ1) is 15.2. The monoisotopic (exact) mass is 418 g/mol. The molecular formula is C23H26N6O2. The molecule has 1 saturated carbocycles. The lowest BCUT2D eigenvalue weighted by atomic mass is 10.1. The Morgan fingerprint density at radius 1 is 1.13 bits per heavy atom. The van der Waals surface area contributed by atoms with Crippen LogP contribution in [-0.4, -0.2) is 49.9 Å². The van der Waals surface area contributed by atoms with Gasteiger partial charge in [-0.1, -0.05) is 23.4 Å². The highest BCUT2D eigenvalue weighted by atomic mass is 16.5. The highest BCUT2D eigenvalue weighted by molar-refractivity contribution is 5.92. The molecule has 1 N–H and O–H groups in total. The molecule has 160 valence electrons. The average Bonchev–Trinajstić information content (AvgIpc) is 3.46. The molecule has 1 aliphatic carbocycles. The Morgan fingerprint density at radius 2 is 1.97 bits per heavy atom. The van der Waals surface area contributed by atoms with E-state index in [0.717, 1.165) is 37.6 Å². The van der Waals surface area contributed by atoms with E-state index in [9.17, 15) is 4.79 Å². The number of likely N-dealkylation sites (tertiary alicyclic amines) is 1. The van der Waals surface area contributed by atoms with Gasteiger partial charge in [0.25, 0.3) is 5.91 Å². The minimum atomic E-state index is -0.138. The first kappa shape index (κ1) is 19.7. The maximum absolute atomic E-state index is 12.4. The Kier molecular flexibility index (Phi) is 5.62. The molecule has 8 nitrogen and oxygen atoms in total. The summed E-state index contributed by atoms with van der Waals surface area (Å²) in [4.78, 5) is 18.9. The molecule has 3 aromatic rings. The molecule has 1 saturated heterocycles. The molecule has 3 heterocycles. The maximum atomic E-state index is 12.4. The van der Waals surface area contributed by atoms with Crippen LogP contribution in [0.3, 0.4) is 0 Å². The van der Waals surface area contributed by atoms with Crippen molar-refractivity contribution in [2.24, 2.45) is 5.92 Å². The highest BCUT2D eigenvalue weighted by Crippen LogP contribution is 2.30. The maximum Gasteiger partial charge on any atom is 0.273 e. The molecular weight excluding hydrogens is 392 g/mol. The third-order valence-electron chi connectivity index (χ3n) is 5.65. The van der Waals surface area contributed by atoms with Gasteiger partial charge in [0.05, 0.1) is 17.9 Å². The number of nitrogens with one attached hydrogen (secondary N) is 1. The molecule has 1 amide bonds. The fourth-order valence-electron chi connectivity index (χ4n) is 3.70. The van der Waals surface area contributed by atoms with Crippen molar-refractivity contribution in [2.75, 3.05) is 13.1 Å². The predicted molar refractivity (Wildman–Crippen MR) is 114 cm³/mol. The summed E-state index contributed by atoms with van der Waals surface area (Å²) in [5, 5.41) is 11.1. The predicted octanol–water partition coefficient (Wildman–Crippen LogP) is 2.28.